The molecule has 0 aliphatic heterocycles. The molecule has 1 fully saturated rings. The topological polar surface area (TPSA) is 0 Å². The summed E-state index contributed by atoms with van der Waals surface area (Å²) in [5.41, 5.74) is 3.52. The molecule has 206 valence electrons. The van der Waals surface area contributed by atoms with Crippen LogP contribution in [-0.4, -0.2) is 0 Å². The fourth-order valence-electron chi connectivity index (χ4n) is 6.45. The summed E-state index contributed by atoms with van der Waals surface area (Å²) >= 11 is 0. The number of allylic oxidation sites excluding steroid dienone is 4. The fraction of sp³-hybridized carbons (Fsp3) is 0.556. The lowest BCUT2D eigenvalue weighted by molar-refractivity contribution is 0.293. The van der Waals surface area contributed by atoms with Crippen molar-refractivity contribution >= 4 is 0 Å². The van der Waals surface area contributed by atoms with Crippen molar-refractivity contribution in [2.24, 2.45) is 17.8 Å². The number of halogens is 2. The lowest BCUT2D eigenvalue weighted by atomic mass is 9.79. The van der Waals surface area contributed by atoms with Crippen LogP contribution in [0.1, 0.15) is 113 Å². The first-order chi connectivity index (χ1) is 18.6. The smallest absolute Gasteiger partial charge is 0.162 e. The summed E-state index contributed by atoms with van der Waals surface area (Å²) < 4.78 is 29.1. The second-order valence-electron chi connectivity index (χ2n) is 11.9. The lowest BCUT2D eigenvalue weighted by Gasteiger charge is -2.27. The molecule has 0 N–H and O–H groups in total. The average molecular weight is 519 g/mol. The Kier molecular flexibility index (Phi) is 11.2. The van der Waals surface area contributed by atoms with Crippen molar-refractivity contribution in [3.63, 3.8) is 0 Å². The molecule has 2 atom stereocenters. The van der Waals surface area contributed by atoms with Gasteiger partial charge in [0.05, 0.1) is 0 Å². The molecule has 2 aromatic carbocycles. The Morgan fingerprint density at radius 3 is 2.03 bits per heavy atom. The molecule has 0 aromatic heterocycles. The van der Waals surface area contributed by atoms with E-state index in [0.29, 0.717) is 35.8 Å². The number of aryl methyl sites for hydroxylation is 3. The summed E-state index contributed by atoms with van der Waals surface area (Å²) in [7, 11) is 0. The van der Waals surface area contributed by atoms with Crippen LogP contribution in [0.5, 0.6) is 0 Å². The molecule has 4 rings (SSSR count). The molecule has 0 bridgehead atoms. The first kappa shape index (κ1) is 28.8. The van der Waals surface area contributed by atoms with Crippen LogP contribution in [0.4, 0.5) is 8.78 Å². The van der Waals surface area contributed by atoms with Crippen LogP contribution in [0.25, 0.3) is 0 Å². The second kappa shape index (κ2) is 14.8. The summed E-state index contributed by atoms with van der Waals surface area (Å²) in [5.74, 6) is 1.51. The van der Waals surface area contributed by atoms with Crippen LogP contribution in [0.3, 0.4) is 0 Å². The van der Waals surface area contributed by atoms with Crippen molar-refractivity contribution in [2.75, 3.05) is 0 Å². The third-order valence-electron chi connectivity index (χ3n) is 9.00. The Morgan fingerprint density at radius 2 is 1.39 bits per heavy atom. The summed E-state index contributed by atoms with van der Waals surface area (Å²) in [6.45, 7) is 4.43. The van der Waals surface area contributed by atoms with Crippen LogP contribution >= 0.6 is 0 Å². The van der Waals surface area contributed by atoms with Gasteiger partial charge in [-0.2, -0.15) is 0 Å². The summed E-state index contributed by atoms with van der Waals surface area (Å²) in [4.78, 5) is 0. The van der Waals surface area contributed by atoms with E-state index in [1.54, 1.807) is 12.1 Å². The standard InChI is InChI=1S/C36H48F2/c1-3-5-6-8-33-25-26-34(36(38)35(33)37)24-19-30-17-22-32(23-18-30)31-20-15-29(16-21-31)14-13-28-11-9-27(7-4-2)10-12-28/h13-15,17-18,20,22-23,25-29,31H,3-12,16,19,21,24H2,1-2H3/b14-13+. The molecule has 2 unspecified atom stereocenters. The number of rotatable bonds is 12. The molecule has 0 nitrogen and oxygen atoms in total. The van der Waals surface area contributed by atoms with E-state index in [9.17, 15) is 8.78 Å². The van der Waals surface area contributed by atoms with Crippen LogP contribution in [0, 0.1) is 29.4 Å². The minimum Gasteiger partial charge on any atom is -0.203 e. The van der Waals surface area contributed by atoms with Gasteiger partial charge in [-0.1, -0.05) is 100 Å². The fourth-order valence-corrected chi connectivity index (χ4v) is 6.45. The van der Waals surface area contributed by atoms with Crippen molar-refractivity contribution in [3.8, 4) is 0 Å². The van der Waals surface area contributed by atoms with Gasteiger partial charge in [-0.3, -0.25) is 0 Å². The Hall–Kier alpha value is -2.22. The van der Waals surface area contributed by atoms with Crippen molar-refractivity contribution in [1.29, 1.82) is 0 Å². The van der Waals surface area contributed by atoms with Gasteiger partial charge in [-0.25, -0.2) is 8.78 Å². The number of hydrogen-bond donors (Lipinski definition) is 0. The first-order valence-corrected chi connectivity index (χ1v) is 15.5. The van der Waals surface area contributed by atoms with E-state index >= 15 is 0 Å². The van der Waals surface area contributed by atoms with Gasteiger partial charge in [0.1, 0.15) is 0 Å². The van der Waals surface area contributed by atoms with Crippen molar-refractivity contribution in [3.05, 3.63) is 94.6 Å². The van der Waals surface area contributed by atoms with E-state index in [0.717, 1.165) is 37.5 Å². The van der Waals surface area contributed by atoms with Gasteiger partial charge < -0.3 is 0 Å². The van der Waals surface area contributed by atoms with E-state index in [2.05, 4.69) is 62.4 Å². The highest BCUT2D eigenvalue weighted by Gasteiger charge is 2.20. The third-order valence-corrected chi connectivity index (χ3v) is 9.00. The Balaban J connectivity index is 1.24. The van der Waals surface area contributed by atoms with Gasteiger partial charge in [-0.05, 0) is 104 Å². The molecule has 2 aliphatic rings. The van der Waals surface area contributed by atoms with Gasteiger partial charge in [-0.15, -0.1) is 0 Å². The zero-order valence-corrected chi connectivity index (χ0v) is 23.7. The van der Waals surface area contributed by atoms with Gasteiger partial charge in [0.25, 0.3) is 0 Å². The molecule has 0 heterocycles. The Labute approximate surface area is 230 Å². The quantitative estimate of drug-likeness (QED) is 0.194. The molecule has 1 saturated carbocycles. The minimum absolute atomic E-state index is 0.477. The zero-order chi connectivity index (χ0) is 26.7. The highest BCUT2D eigenvalue weighted by atomic mass is 19.2. The normalized spacial score (nSPS) is 23.8. The SMILES string of the molecule is CCCCCc1ccc(CCc2ccc(C3C=CC(/C=C/C4CCC(CCC)CC4)CC3)cc2)c(F)c1F. The predicted molar refractivity (Wildman–Crippen MR) is 158 cm³/mol. The highest BCUT2D eigenvalue weighted by Crippen LogP contribution is 2.34. The lowest BCUT2D eigenvalue weighted by Crippen LogP contribution is -2.13. The molecule has 0 spiro atoms. The van der Waals surface area contributed by atoms with Crippen LogP contribution in [0.15, 0.2) is 60.7 Å². The van der Waals surface area contributed by atoms with E-state index in [4.69, 9.17) is 0 Å². The zero-order valence-electron chi connectivity index (χ0n) is 23.7. The molecule has 2 heteroatoms. The Morgan fingerprint density at radius 1 is 0.684 bits per heavy atom. The number of hydrogen-bond acceptors (Lipinski definition) is 0. The second-order valence-corrected chi connectivity index (χ2v) is 11.9. The van der Waals surface area contributed by atoms with Gasteiger partial charge in [0, 0.05) is 5.92 Å². The number of unbranched alkanes of at least 4 members (excludes halogenated alkanes) is 2. The van der Waals surface area contributed by atoms with Gasteiger partial charge in [0.2, 0.25) is 0 Å². The van der Waals surface area contributed by atoms with Gasteiger partial charge in [0.15, 0.2) is 11.6 Å². The van der Waals surface area contributed by atoms with E-state index in [1.165, 1.54) is 62.5 Å². The van der Waals surface area contributed by atoms with E-state index < -0.39 is 11.6 Å². The molecule has 38 heavy (non-hydrogen) atoms. The largest absolute Gasteiger partial charge is 0.203 e. The molecule has 0 saturated heterocycles. The average Bonchev–Trinajstić information content (AvgIpc) is 2.95. The monoisotopic (exact) mass is 518 g/mol. The molecule has 2 aromatic rings. The predicted octanol–water partition coefficient (Wildman–Crippen LogP) is 10.7. The van der Waals surface area contributed by atoms with Crippen LogP contribution < -0.4 is 0 Å². The Bertz CT molecular complexity index is 1040. The summed E-state index contributed by atoms with van der Waals surface area (Å²) in [6.07, 6.45) is 25.4. The number of benzene rings is 2. The molecule has 0 amide bonds. The van der Waals surface area contributed by atoms with E-state index in [1.807, 2.05) is 0 Å². The van der Waals surface area contributed by atoms with Crippen molar-refractivity contribution < 1.29 is 8.78 Å². The van der Waals surface area contributed by atoms with Crippen LogP contribution in [0.2, 0.25) is 0 Å². The van der Waals surface area contributed by atoms with Crippen LogP contribution in [-0.2, 0) is 19.3 Å². The summed E-state index contributed by atoms with van der Waals surface area (Å²) in [6, 6.07) is 12.3. The molecular formula is C36H48F2. The minimum atomic E-state index is -0.657. The molecule has 2 aliphatic carbocycles. The molecule has 0 radical (unpaired) electrons. The van der Waals surface area contributed by atoms with Crippen molar-refractivity contribution in [2.45, 2.75) is 110 Å². The van der Waals surface area contributed by atoms with E-state index in [-0.39, 0.29) is 0 Å². The summed E-state index contributed by atoms with van der Waals surface area (Å²) in [5, 5.41) is 0. The maximum Gasteiger partial charge on any atom is 0.162 e. The first-order valence-electron chi connectivity index (χ1n) is 15.5. The van der Waals surface area contributed by atoms with Gasteiger partial charge >= 0.3 is 0 Å². The maximum atomic E-state index is 14.6. The molecular weight excluding hydrogens is 470 g/mol. The van der Waals surface area contributed by atoms with Crippen molar-refractivity contribution in [1.82, 2.24) is 0 Å². The third kappa shape index (κ3) is 8.14. The highest BCUT2D eigenvalue weighted by molar-refractivity contribution is 5.31. The maximum absolute atomic E-state index is 14.6.